The van der Waals surface area contributed by atoms with E-state index in [1.165, 1.54) is 121 Å². The molecule has 3 aliphatic carbocycles. The summed E-state index contributed by atoms with van der Waals surface area (Å²) in [6.07, 6.45) is 24.4. The summed E-state index contributed by atoms with van der Waals surface area (Å²) in [7, 11) is 0. The lowest BCUT2D eigenvalue weighted by molar-refractivity contribution is -0.126. The van der Waals surface area contributed by atoms with Crippen LogP contribution in [0.3, 0.4) is 0 Å². The molecular weight excluding hydrogens is 508 g/mol. The third-order valence-corrected chi connectivity index (χ3v) is 11.0. The van der Waals surface area contributed by atoms with Crippen molar-refractivity contribution in [3.63, 3.8) is 0 Å². The Balaban J connectivity index is 1.19. The van der Waals surface area contributed by atoms with Gasteiger partial charge in [-0.2, -0.15) is 5.48 Å². The van der Waals surface area contributed by atoms with E-state index < -0.39 is 0 Å². The Morgan fingerprint density at radius 3 is 2.05 bits per heavy atom. The third-order valence-electron chi connectivity index (χ3n) is 11.0. The Kier molecular flexibility index (Phi) is 10.3. The minimum atomic E-state index is -0.305. The van der Waals surface area contributed by atoms with Gasteiger partial charge in [0.15, 0.2) is 0 Å². The van der Waals surface area contributed by atoms with Gasteiger partial charge in [-0.15, -0.1) is 0 Å². The number of carbonyl (C=O) groups excluding carboxylic acids is 1. The van der Waals surface area contributed by atoms with Crippen molar-refractivity contribution < 1.29 is 9.63 Å². The van der Waals surface area contributed by atoms with E-state index in [0.29, 0.717) is 6.04 Å². The van der Waals surface area contributed by atoms with Gasteiger partial charge in [0.05, 0.1) is 6.04 Å². The van der Waals surface area contributed by atoms with Crippen LogP contribution in [0.15, 0.2) is 30.3 Å². The zero-order chi connectivity index (χ0) is 27.9. The second-order valence-corrected chi connectivity index (χ2v) is 14.2. The maximum absolute atomic E-state index is 14.3. The highest BCUT2D eigenvalue weighted by molar-refractivity contribution is 5.83. The van der Waals surface area contributed by atoms with Gasteiger partial charge < -0.3 is 5.32 Å². The van der Waals surface area contributed by atoms with Crippen molar-refractivity contribution in [1.82, 2.24) is 20.8 Å². The van der Waals surface area contributed by atoms with Crippen LogP contribution in [0.5, 0.6) is 0 Å². The molecule has 2 N–H and O–H groups in total. The first-order valence-corrected chi connectivity index (χ1v) is 17.5. The molecule has 6 rings (SSSR count). The van der Waals surface area contributed by atoms with Crippen LogP contribution < -0.4 is 10.8 Å². The van der Waals surface area contributed by atoms with Crippen molar-refractivity contribution in [2.45, 2.75) is 146 Å². The summed E-state index contributed by atoms with van der Waals surface area (Å²) in [5.41, 5.74) is 4.34. The van der Waals surface area contributed by atoms with Crippen molar-refractivity contribution in [2.75, 3.05) is 19.6 Å². The standard InChI is InChI=1S/C35H56N4O2/c40-34(36-30-26-38(25-28-21-22-28)39(27-30)31-19-13-6-5-7-14-20-31)32-35(23-15-8-3-1-2-4-9-16-24-35)33(41-37-32)29-17-11-10-12-18-29/h10-12,17-18,28,30-33,37H,1-9,13-16,19-27H2,(H,36,40). The fraction of sp³-hybridized carbons (Fsp3) is 0.800. The van der Waals surface area contributed by atoms with Crippen LogP contribution in [0.4, 0.5) is 0 Å². The van der Waals surface area contributed by atoms with Crippen LogP contribution in [-0.2, 0) is 9.63 Å². The zero-order valence-electron chi connectivity index (χ0n) is 25.5. The van der Waals surface area contributed by atoms with Gasteiger partial charge in [-0.1, -0.05) is 114 Å². The molecule has 3 saturated carbocycles. The fourth-order valence-electron chi connectivity index (χ4n) is 8.53. The van der Waals surface area contributed by atoms with Crippen LogP contribution in [0, 0.1) is 11.3 Å². The lowest BCUT2D eigenvalue weighted by Crippen LogP contribution is -2.53. The van der Waals surface area contributed by atoms with Crippen molar-refractivity contribution in [2.24, 2.45) is 11.3 Å². The van der Waals surface area contributed by atoms with Gasteiger partial charge >= 0.3 is 0 Å². The molecule has 3 atom stereocenters. The predicted octanol–water partition coefficient (Wildman–Crippen LogP) is 7.07. The number of hydroxylamine groups is 1. The molecule has 1 aromatic carbocycles. The summed E-state index contributed by atoms with van der Waals surface area (Å²) >= 11 is 0. The highest BCUT2D eigenvalue weighted by atomic mass is 16.7. The lowest BCUT2D eigenvalue weighted by Gasteiger charge is -2.38. The molecule has 1 amide bonds. The fourth-order valence-corrected chi connectivity index (χ4v) is 8.53. The first-order chi connectivity index (χ1) is 20.2. The molecule has 5 fully saturated rings. The van der Waals surface area contributed by atoms with Gasteiger partial charge in [-0.3, -0.25) is 9.63 Å². The summed E-state index contributed by atoms with van der Waals surface area (Å²) < 4.78 is 0. The number of carbonyl (C=O) groups is 1. The lowest BCUT2D eigenvalue weighted by atomic mass is 9.67. The highest BCUT2D eigenvalue weighted by Gasteiger charge is 2.55. The van der Waals surface area contributed by atoms with Crippen molar-refractivity contribution in [3.8, 4) is 0 Å². The summed E-state index contributed by atoms with van der Waals surface area (Å²) in [6.45, 7) is 3.10. The second kappa shape index (κ2) is 14.3. The quantitative estimate of drug-likeness (QED) is 0.387. The number of rotatable bonds is 6. The number of hydrogen-bond acceptors (Lipinski definition) is 5. The Morgan fingerprint density at radius 1 is 0.805 bits per heavy atom. The minimum absolute atomic E-state index is 0.0819. The Morgan fingerprint density at radius 2 is 1.41 bits per heavy atom. The molecule has 6 heteroatoms. The van der Waals surface area contributed by atoms with Gasteiger partial charge in [0.2, 0.25) is 5.91 Å². The number of hydrogen-bond donors (Lipinski definition) is 2. The minimum Gasteiger partial charge on any atom is -0.349 e. The largest absolute Gasteiger partial charge is 0.349 e. The van der Waals surface area contributed by atoms with Crippen molar-refractivity contribution >= 4 is 5.91 Å². The predicted molar refractivity (Wildman–Crippen MR) is 165 cm³/mol. The Hall–Kier alpha value is -1.47. The number of amides is 1. The van der Waals surface area contributed by atoms with Gasteiger partial charge in [0.1, 0.15) is 12.1 Å². The molecule has 5 aliphatic rings. The van der Waals surface area contributed by atoms with Gasteiger partial charge in [-0.05, 0) is 50.0 Å². The number of nitrogens with one attached hydrogen (secondary N) is 2. The Labute approximate surface area is 249 Å². The summed E-state index contributed by atoms with van der Waals surface area (Å²) in [6, 6.07) is 11.2. The summed E-state index contributed by atoms with van der Waals surface area (Å²) in [4.78, 5) is 20.7. The number of hydrazine groups is 1. The van der Waals surface area contributed by atoms with E-state index in [2.05, 4.69) is 51.1 Å². The monoisotopic (exact) mass is 564 g/mol. The van der Waals surface area contributed by atoms with Gasteiger partial charge in [-0.25, -0.2) is 10.0 Å². The van der Waals surface area contributed by atoms with Crippen LogP contribution in [-0.4, -0.2) is 53.7 Å². The molecule has 3 unspecified atom stereocenters. The molecule has 1 spiro atoms. The zero-order valence-corrected chi connectivity index (χ0v) is 25.5. The molecule has 1 aromatic rings. The van der Waals surface area contributed by atoms with E-state index in [0.717, 1.165) is 31.8 Å². The Bertz CT molecular complexity index is 933. The normalized spacial score (nSPS) is 31.4. The van der Waals surface area contributed by atoms with Crippen LogP contribution in [0.2, 0.25) is 0 Å². The molecule has 2 heterocycles. The van der Waals surface area contributed by atoms with Crippen molar-refractivity contribution in [1.29, 1.82) is 0 Å². The average Bonchev–Trinajstić information content (AvgIpc) is 3.59. The van der Waals surface area contributed by atoms with Crippen LogP contribution in [0.25, 0.3) is 0 Å². The first-order valence-electron chi connectivity index (χ1n) is 17.5. The van der Waals surface area contributed by atoms with E-state index in [1.54, 1.807) is 0 Å². The molecule has 6 nitrogen and oxygen atoms in total. The van der Waals surface area contributed by atoms with Gasteiger partial charge in [0.25, 0.3) is 0 Å². The maximum atomic E-state index is 14.3. The van der Waals surface area contributed by atoms with E-state index in [1.807, 2.05) is 0 Å². The molecule has 2 aliphatic heterocycles. The molecule has 228 valence electrons. The molecule has 0 radical (unpaired) electrons. The molecule has 0 bridgehead atoms. The van der Waals surface area contributed by atoms with Crippen LogP contribution >= 0.6 is 0 Å². The molecular formula is C35H56N4O2. The number of nitrogens with zero attached hydrogens (tertiary/aromatic N) is 2. The summed E-state index contributed by atoms with van der Waals surface area (Å²) in [5, 5.41) is 8.94. The topological polar surface area (TPSA) is 56.8 Å². The van der Waals surface area contributed by atoms with Crippen LogP contribution in [0.1, 0.15) is 134 Å². The maximum Gasteiger partial charge on any atom is 0.240 e. The first kappa shape index (κ1) is 29.6. The van der Waals surface area contributed by atoms with E-state index in [-0.39, 0.29) is 29.5 Å². The molecule has 41 heavy (non-hydrogen) atoms. The molecule has 2 saturated heterocycles. The highest BCUT2D eigenvalue weighted by Crippen LogP contribution is 2.51. The summed E-state index contributed by atoms with van der Waals surface area (Å²) in [5.74, 6) is 1.02. The third kappa shape index (κ3) is 7.37. The SMILES string of the molecule is O=C(NC1CN(CC2CC2)N(C2CCCCCCC2)C1)C1NOC(c2ccccc2)C12CCCCCCCCCC2. The molecule has 0 aromatic heterocycles. The van der Waals surface area contributed by atoms with Gasteiger partial charge in [0, 0.05) is 31.1 Å². The second-order valence-electron chi connectivity index (χ2n) is 14.2. The smallest absolute Gasteiger partial charge is 0.240 e. The van der Waals surface area contributed by atoms with E-state index >= 15 is 0 Å². The van der Waals surface area contributed by atoms with Crippen molar-refractivity contribution in [3.05, 3.63) is 35.9 Å². The van der Waals surface area contributed by atoms with E-state index in [4.69, 9.17) is 4.84 Å². The van der Waals surface area contributed by atoms with E-state index in [9.17, 15) is 4.79 Å². The number of benzene rings is 1. The average molecular weight is 565 g/mol.